The smallest absolute Gasteiger partial charge is 0.332 e. The Morgan fingerprint density at radius 2 is 2.11 bits per heavy atom. The van der Waals surface area contributed by atoms with Crippen molar-refractivity contribution in [3.63, 3.8) is 0 Å². The maximum Gasteiger partial charge on any atom is 0.332 e. The minimum Gasteiger partial charge on any atom is -0.478 e. The van der Waals surface area contributed by atoms with Gasteiger partial charge in [0.1, 0.15) is 0 Å². The van der Waals surface area contributed by atoms with Gasteiger partial charge in [0.05, 0.1) is 24.0 Å². The molecule has 0 aliphatic carbocycles. The van der Waals surface area contributed by atoms with Gasteiger partial charge in [0.25, 0.3) is 5.56 Å². The van der Waals surface area contributed by atoms with E-state index in [1.165, 1.54) is 6.07 Å². The van der Waals surface area contributed by atoms with Crippen LogP contribution in [0, 0.1) is 0 Å². The van der Waals surface area contributed by atoms with E-state index in [9.17, 15) is 9.59 Å². The van der Waals surface area contributed by atoms with Gasteiger partial charge >= 0.3 is 5.97 Å². The first-order chi connectivity index (χ1) is 8.58. The average Bonchev–Trinajstić information content (AvgIpc) is 2.85. The van der Waals surface area contributed by atoms with Gasteiger partial charge in [-0.25, -0.2) is 9.48 Å². The lowest BCUT2D eigenvalue weighted by molar-refractivity contribution is -0.132. The standard InChI is InChI=1S/C12H15N3O3/c1-9(12(17)18)8-15-11(16)6-10(7-13-15)14-4-2-3-5-14/h6-7H,1-5,8H2,(H,17,18). The van der Waals surface area contributed by atoms with Crippen molar-refractivity contribution in [1.82, 2.24) is 9.78 Å². The van der Waals surface area contributed by atoms with Gasteiger partial charge in [-0.05, 0) is 12.8 Å². The Morgan fingerprint density at radius 1 is 1.44 bits per heavy atom. The second-order valence-electron chi connectivity index (χ2n) is 4.31. The molecule has 1 aromatic rings. The summed E-state index contributed by atoms with van der Waals surface area (Å²) >= 11 is 0. The molecule has 0 aromatic carbocycles. The van der Waals surface area contributed by atoms with Crippen molar-refractivity contribution in [3.8, 4) is 0 Å². The maximum atomic E-state index is 11.8. The molecule has 0 unspecified atom stereocenters. The van der Waals surface area contributed by atoms with Crippen LogP contribution in [0.1, 0.15) is 12.8 Å². The Kier molecular flexibility index (Phi) is 3.45. The van der Waals surface area contributed by atoms with E-state index in [1.54, 1.807) is 6.20 Å². The maximum absolute atomic E-state index is 11.8. The lowest BCUT2D eigenvalue weighted by Gasteiger charge is -2.17. The zero-order chi connectivity index (χ0) is 13.1. The van der Waals surface area contributed by atoms with Crippen LogP contribution in [-0.4, -0.2) is 33.9 Å². The van der Waals surface area contributed by atoms with Gasteiger partial charge in [0, 0.05) is 19.2 Å². The number of anilines is 1. The lowest BCUT2D eigenvalue weighted by atomic mass is 10.3. The van der Waals surface area contributed by atoms with Crippen LogP contribution in [0.15, 0.2) is 29.2 Å². The zero-order valence-corrected chi connectivity index (χ0v) is 10.0. The molecule has 0 atom stereocenters. The summed E-state index contributed by atoms with van der Waals surface area (Å²) in [6, 6.07) is 1.49. The number of nitrogens with zero attached hydrogens (tertiary/aromatic N) is 3. The van der Waals surface area contributed by atoms with E-state index in [0.717, 1.165) is 36.3 Å². The third-order valence-corrected chi connectivity index (χ3v) is 2.97. The summed E-state index contributed by atoms with van der Waals surface area (Å²) in [4.78, 5) is 24.5. The Balaban J connectivity index is 2.17. The van der Waals surface area contributed by atoms with Gasteiger partial charge < -0.3 is 10.0 Å². The molecular formula is C12H15N3O3. The molecule has 0 amide bonds. The fourth-order valence-electron chi connectivity index (χ4n) is 1.94. The molecule has 18 heavy (non-hydrogen) atoms. The summed E-state index contributed by atoms with van der Waals surface area (Å²) in [6.45, 7) is 5.17. The summed E-state index contributed by atoms with van der Waals surface area (Å²) in [7, 11) is 0. The second kappa shape index (κ2) is 5.03. The van der Waals surface area contributed by atoms with Crippen molar-refractivity contribution in [3.05, 3.63) is 34.8 Å². The van der Waals surface area contributed by atoms with Gasteiger partial charge in [-0.15, -0.1) is 0 Å². The highest BCUT2D eigenvalue weighted by Gasteiger charge is 2.14. The predicted octanol–water partition coefficient (Wildman–Crippen LogP) is 0.484. The first-order valence-electron chi connectivity index (χ1n) is 5.81. The van der Waals surface area contributed by atoms with Crippen LogP contribution >= 0.6 is 0 Å². The summed E-state index contributed by atoms with van der Waals surface area (Å²) in [6.07, 6.45) is 3.85. The number of aliphatic carboxylic acids is 1. The van der Waals surface area contributed by atoms with E-state index in [-0.39, 0.29) is 17.7 Å². The van der Waals surface area contributed by atoms with E-state index in [1.807, 2.05) is 0 Å². The minimum absolute atomic E-state index is 0.0569. The number of hydrogen-bond donors (Lipinski definition) is 1. The SMILES string of the molecule is C=C(Cn1ncc(N2CCCC2)cc1=O)C(=O)O. The van der Waals surface area contributed by atoms with Crippen LogP contribution in [0.25, 0.3) is 0 Å². The van der Waals surface area contributed by atoms with Gasteiger partial charge in [0.15, 0.2) is 0 Å². The predicted molar refractivity (Wildman–Crippen MR) is 66.7 cm³/mol. The summed E-state index contributed by atoms with van der Waals surface area (Å²) < 4.78 is 1.11. The average molecular weight is 249 g/mol. The largest absolute Gasteiger partial charge is 0.478 e. The van der Waals surface area contributed by atoms with Crippen molar-refractivity contribution < 1.29 is 9.90 Å². The molecule has 0 bridgehead atoms. The normalized spacial score (nSPS) is 14.8. The van der Waals surface area contributed by atoms with Crippen LogP contribution in [0.2, 0.25) is 0 Å². The van der Waals surface area contributed by atoms with E-state index >= 15 is 0 Å². The van der Waals surface area contributed by atoms with E-state index < -0.39 is 5.97 Å². The van der Waals surface area contributed by atoms with Crippen LogP contribution in [0.5, 0.6) is 0 Å². The molecule has 2 rings (SSSR count). The number of rotatable bonds is 4. The molecule has 1 N–H and O–H groups in total. The third kappa shape index (κ3) is 2.58. The molecule has 0 spiro atoms. The lowest BCUT2D eigenvalue weighted by Crippen LogP contribution is -2.27. The molecule has 2 heterocycles. The molecule has 1 aromatic heterocycles. The van der Waals surface area contributed by atoms with Crippen LogP contribution in [-0.2, 0) is 11.3 Å². The van der Waals surface area contributed by atoms with Gasteiger partial charge in [-0.3, -0.25) is 4.79 Å². The topological polar surface area (TPSA) is 75.4 Å². The van der Waals surface area contributed by atoms with Gasteiger partial charge in [-0.1, -0.05) is 6.58 Å². The summed E-state index contributed by atoms with van der Waals surface area (Å²) in [5.41, 5.74) is 0.440. The first kappa shape index (κ1) is 12.3. The highest BCUT2D eigenvalue weighted by molar-refractivity contribution is 5.85. The molecule has 1 aliphatic rings. The number of hydrogen-bond acceptors (Lipinski definition) is 4. The summed E-state index contributed by atoms with van der Waals surface area (Å²) in [5, 5.41) is 12.7. The molecule has 1 fully saturated rings. The first-order valence-corrected chi connectivity index (χ1v) is 5.81. The van der Waals surface area contributed by atoms with Crippen LogP contribution in [0.4, 0.5) is 5.69 Å². The molecule has 6 nitrogen and oxygen atoms in total. The van der Waals surface area contributed by atoms with Crippen molar-refractivity contribution in [2.24, 2.45) is 0 Å². The van der Waals surface area contributed by atoms with Crippen molar-refractivity contribution >= 4 is 11.7 Å². The van der Waals surface area contributed by atoms with Crippen molar-refractivity contribution in [2.45, 2.75) is 19.4 Å². The fraction of sp³-hybridized carbons (Fsp3) is 0.417. The quantitative estimate of drug-likeness (QED) is 0.786. The Bertz CT molecular complexity index is 530. The number of carboxylic acid groups (broad SMARTS) is 1. The Hall–Kier alpha value is -2.11. The summed E-state index contributed by atoms with van der Waals surface area (Å²) in [5.74, 6) is -1.12. The molecule has 6 heteroatoms. The number of carboxylic acids is 1. The third-order valence-electron chi connectivity index (χ3n) is 2.97. The zero-order valence-electron chi connectivity index (χ0n) is 10.0. The monoisotopic (exact) mass is 249 g/mol. The molecule has 0 radical (unpaired) electrons. The molecule has 1 aliphatic heterocycles. The highest BCUT2D eigenvalue weighted by atomic mass is 16.4. The molecule has 1 saturated heterocycles. The van der Waals surface area contributed by atoms with Crippen molar-refractivity contribution in [1.29, 1.82) is 0 Å². The number of carbonyl (C=O) groups is 1. The second-order valence-corrected chi connectivity index (χ2v) is 4.31. The highest BCUT2D eigenvalue weighted by Crippen LogP contribution is 2.16. The van der Waals surface area contributed by atoms with Gasteiger partial charge in [0.2, 0.25) is 0 Å². The number of aromatic nitrogens is 2. The van der Waals surface area contributed by atoms with Crippen molar-refractivity contribution in [2.75, 3.05) is 18.0 Å². The Morgan fingerprint density at radius 3 is 2.67 bits per heavy atom. The Labute approximate surface area is 104 Å². The molecule has 0 saturated carbocycles. The molecule has 96 valence electrons. The molecular weight excluding hydrogens is 234 g/mol. The fourth-order valence-corrected chi connectivity index (χ4v) is 1.94. The van der Waals surface area contributed by atoms with Crippen LogP contribution in [0.3, 0.4) is 0 Å². The van der Waals surface area contributed by atoms with E-state index in [0.29, 0.717) is 0 Å². The van der Waals surface area contributed by atoms with E-state index in [2.05, 4.69) is 16.6 Å². The minimum atomic E-state index is -1.12. The van der Waals surface area contributed by atoms with E-state index in [4.69, 9.17) is 5.11 Å². The van der Waals surface area contributed by atoms with Crippen LogP contribution < -0.4 is 10.5 Å². The van der Waals surface area contributed by atoms with Gasteiger partial charge in [-0.2, -0.15) is 5.10 Å².